The highest BCUT2D eigenvalue weighted by atomic mass is 35.5. The van der Waals surface area contributed by atoms with Crippen LogP contribution in [0.25, 0.3) is 16.5 Å². The Morgan fingerprint density at radius 3 is 2.80 bits per heavy atom. The number of aliphatic imine (C=N–C) groups is 1. The van der Waals surface area contributed by atoms with E-state index in [4.69, 9.17) is 33.7 Å². The van der Waals surface area contributed by atoms with Crippen LogP contribution in [0.4, 0.5) is 5.95 Å². The molecule has 1 atom stereocenters. The molecule has 3 N–H and O–H groups in total. The maximum absolute atomic E-state index is 11.4. The summed E-state index contributed by atoms with van der Waals surface area (Å²) >= 11 is 12.0. The van der Waals surface area contributed by atoms with Gasteiger partial charge >= 0.3 is 0 Å². The minimum Gasteiger partial charge on any atom is -0.489 e. The van der Waals surface area contributed by atoms with Gasteiger partial charge in [0.25, 0.3) is 0 Å². The Balaban J connectivity index is 1.84. The van der Waals surface area contributed by atoms with Crippen molar-refractivity contribution in [1.29, 1.82) is 5.26 Å². The predicted octanol–water partition coefficient (Wildman–Crippen LogP) is 4.28. The summed E-state index contributed by atoms with van der Waals surface area (Å²) < 4.78 is 30.5. The molecule has 0 aliphatic rings. The zero-order chi connectivity index (χ0) is 25.6. The molecule has 1 unspecified atom stereocenters. The number of nitrogens with one attached hydrogen (secondary N) is 1. The van der Waals surface area contributed by atoms with Gasteiger partial charge in [-0.15, -0.1) is 11.6 Å². The maximum Gasteiger partial charge on any atom is 0.237 e. The van der Waals surface area contributed by atoms with Crippen molar-refractivity contribution in [2.45, 2.75) is 13.0 Å². The number of halogens is 2. The molecule has 1 heterocycles. The number of nitrogens with two attached hydrogens (primary N) is 1. The molecule has 0 amide bonds. The van der Waals surface area contributed by atoms with Gasteiger partial charge < -0.3 is 10.5 Å². The van der Waals surface area contributed by atoms with E-state index in [2.05, 4.69) is 25.8 Å². The first-order valence-corrected chi connectivity index (χ1v) is 13.1. The standard InChI is InChI=1S/C23H22Cl2N6O3S/c1-14(16-8-17(10-26)22(20(25)9-16)34-6-5-24)28-13-19(11-27)15-3-4-21-18(7-15)12-29-23(30-21)31-35(2,32)33/h3-4,7-9,11-14H,5-6,27H2,1-2H3,(H,29,30,31)/b19-11+,28-13?. The van der Waals surface area contributed by atoms with Crippen molar-refractivity contribution in [3.8, 4) is 11.8 Å². The highest BCUT2D eigenvalue weighted by molar-refractivity contribution is 7.91. The smallest absolute Gasteiger partial charge is 0.237 e. The van der Waals surface area contributed by atoms with Crippen molar-refractivity contribution in [1.82, 2.24) is 9.97 Å². The molecule has 35 heavy (non-hydrogen) atoms. The average molecular weight is 533 g/mol. The number of fused-ring (bicyclic) bond motifs is 1. The van der Waals surface area contributed by atoms with Crippen LogP contribution in [-0.2, 0) is 10.0 Å². The van der Waals surface area contributed by atoms with E-state index in [1.54, 1.807) is 30.5 Å². The van der Waals surface area contributed by atoms with Gasteiger partial charge in [-0.1, -0.05) is 17.7 Å². The lowest BCUT2D eigenvalue weighted by molar-refractivity contribution is 0.342. The largest absolute Gasteiger partial charge is 0.489 e. The minimum absolute atomic E-state index is 0.00722. The molecule has 1 aromatic heterocycles. The third-order valence-corrected chi connectivity index (χ3v) is 5.79. The second-order valence-corrected chi connectivity index (χ2v) is 9.98. The highest BCUT2D eigenvalue weighted by Crippen LogP contribution is 2.33. The molecular weight excluding hydrogens is 511 g/mol. The normalized spacial score (nSPS) is 13.1. The van der Waals surface area contributed by atoms with E-state index in [0.29, 0.717) is 32.8 Å². The van der Waals surface area contributed by atoms with E-state index >= 15 is 0 Å². The topological polar surface area (TPSA) is 143 Å². The average Bonchev–Trinajstić information content (AvgIpc) is 2.82. The van der Waals surface area contributed by atoms with Crippen molar-refractivity contribution in [2.75, 3.05) is 23.5 Å². The van der Waals surface area contributed by atoms with E-state index in [1.165, 1.54) is 12.4 Å². The summed E-state index contributed by atoms with van der Waals surface area (Å²) in [7, 11) is -3.48. The monoisotopic (exact) mass is 532 g/mol. The molecule has 0 spiro atoms. The molecule has 0 radical (unpaired) electrons. The number of hydrogen-bond acceptors (Lipinski definition) is 8. The Bertz CT molecular complexity index is 1450. The number of benzene rings is 2. The van der Waals surface area contributed by atoms with Crippen LogP contribution in [0.15, 0.2) is 47.7 Å². The fraction of sp³-hybridized carbons (Fsp3) is 0.217. The Hall–Kier alpha value is -3.39. The van der Waals surface area contributed by atoms with Gasteiger partial charge in [-0.05, 0) is 42.3 Å². The van der Waals surface area contributed by atoms with E-state index in [1.807, 2.05) is 13.0 Å². The third kappa shape index (κ3) is 6.82. The van der Waals surface area contributed by atoms with Crippen molar-refractivity contribution in [3.63, 3.8) is 0 Å². The first-order valence-electron chi connectivity index (χ1n) is 10.3. The van der Waals surface area contributed by atoms with E-state index in [0.717, 1.165) is 17.4 Å². The number of nitrogens with zero attached hydrogens (tertiary/aromatic N) is 4. The maximum atomic E-state index is 11.4. The van der Waals surface area contributed by atoms with Gasteiger partial charge in [0, 0.05) is 29.6 Å². The van der Waals surface area contributed by atoms with E-state index in [9.17, 15) is 13.7 Å². The van der Waals surface area contributed by atoms with Crippen molar-refractivity contribution in [3.05, 3.63) is 64.4 Å². The number of aromatic nitrogens is 2. The number of rotatable bonds is 9. The molecule has 2 aromatic carbocycles. The molecule has 0 aliphatic carbocycles. The Kier molecular flexibility index (Phi) is 8.51. The van der Waals surface area contributed by atoms with Crippen molar-refractivity contribution in [2.24, 2.45) is 10.7 Å². The van der Waals surface area contributed by atoms with Gasteiger partial charge in [0.2, 0.25) is 16.0 Å². The number of sulfonamides is 1. The lowest BCUT2D eigenvalue weighted by Gasteiger charge is -2.13. The highest BCUT2D eigenvalue weighted by Gasteiger charge is 2.14. The van der Waals surface area contributed by atoms with Crippen LogP contribution in [0.2, 0.25) is 5.02 Å². The van der Waals surface area contributed by atoms with Gasteiger partial charge in [-0.25, -0.2) is 18.4 Å². The molecule has 0 saturated carbocycles. The Morgan fingerprint density at radius 1 is 1.37 bits per heavy atom. The zero-order valence-corrected chi connectivity index (χ0v) is 21.2. The molecule has 0 aliphatic heterocycles. The Labute approximate surface area is 213 Å². The second kappa shape index (κ2) is 11.4. The van der Waals surface area contributed by atoms with Crippen LogP contribution >= 0.6 is 23.2 Å². The summed E-state index contributed by atoms with van der Waals surface area (Å²) in [5.41, 5.74) is 8.86. The van der Waals surface area contributed by atoms with Gasteiger partial charge in [0.15, 0.2) is 5.75 Å². The van der Waals surface area contributed by atoms with E-state index in [-0.39, 0.29) is 24.5 Å². The summed E-state index contributed by atoms with van der Waals surface area (Å²) in [5.74, 6) is 0.565. The molecule has 3 rings (SSSR count). The first kappa shape index (κ1) is 26.2. The number of ether oxygens (including phenoxy) is 1. The van der Waals surface area contributed by atoms with Crippen LogP contribution in [0, 0.1) is 11.3 Å². The van der Waals surface area contributed by atoms with Crippen LogP contribution in [0.3, 0.4) is 0 Å². The summed E-state index contributed by atoms with van der Waals surface area (Å²) in [5, 5.41) is 10.5. The van der Waals surface area contributed by atoms with E-state index < -0.39 is 10.0 Å². The molecular formula is C23H22Cl2N6O3S. The van der Waals surface area contributed by atoms with Crippen LogP contribution in [0.5, 0.6) is 5.75 Å². The fourth-order valence-electron chi connectivity index (χ4n) is 3.15. The quantitative estimate of drug-likeness (QED) is 0.309. The summed E-state index contributed by atoms with van der Waals surface area (Å²) in [6.07, 6.45) is 5.60. The molecule has 3 aromatic rings. The lowest BCUT2D eigenvalue weighted by atomic mass is 10.0. The SMILES string of the molecule is CC(N=C/C(=C\N)c1ccc2nc(NS(C)(=O)=O)ncc2c1)c1cc(Cl)c(OCCCl)c(C#N)c1. The van der Waals surface area contributed by atoms with Crippen molar-refractivity contribution >= 4 is 61.9 Å². The fourth-order valence-corrected chi connectivity index (χ4v) is 3.94. The zero-order valence-electron chi connectivity index (χ0n) is 18.9. The van der Waals surface area contributed by atoms with Gasteiger partial charge in [0.05, 0.1) is 34.3 Å². The Morgan fingerprint density at radius 2 is 2.14 bits per heavy atom. The van der Waals surface area contributed by atoms with Crippen LogP contribution in [0.1, 0.15) is 29.7 Å². The van der Waals surface area contributed by atoms with Crippen LogP contribution in [-0.4, -0.2) is 43.3 Å². The number of hydrogen-bond donors (Lipinski definition) is 2. The number of nitriles is 1. The van der Waals surface area contributed by atoms with Gasteiger partial charge in [0.1, 0.15) is 12.7 Å². The molecule has 0 bridgehead atoms. The predicted molar refractivity (Wildman–Crippen MR) is 139 cm³/mol. The number of alkyl halides is 1. The minimum atomic E-state index is -3.48. The summed E-state index contributed by atoms with van der Waals surface area (Å²) in [4.78, 5) is 12.8. The number of allylic oxidation sites excluding steroid dienone is 1. The molecule has 0 fully saturated rings. The third-order valence-electron chi connectivity index (χ3n) is 4.80. The van der Waals surface area contributed by atoms with Crippen molar-refractivity contribution < 1.29 is 13.2 Å². The summed E-state index contributed by atoms with van der Waals surface area (Å²) in [6, 6.07) is 10.5. The number of anilines is 1. The van der Waals surface area contributed by atoms with Gasteiger partial charge in [-0.3, -0.25) is 9.71 Å². The molecule has 9 nitrogen and oxygen atoms in total. The van der Waals surface area contributed by atoms with Crippen LogP contribution < -0.4 is 15.2 Å². The van der Waals surface area contributed by atoms with Gasteiger partial charge in [-0.2, -0.15) is 5.26 Å². The lowest BCUT2D eigenvalue weighted by Crippen LogP contribution is -2.12. The molecule has 182 valence electrons. The molecule has 0 saturated heterocycles. The molecule has 12 heteroatoms. The first-order chi connectivity index (χ1) is 16.6. The second-order valence-electron chi connectivity index (χ2n) is 7.45. The summed E-state index contributed by atoms with van der Waals surface area (Å²) in [6.45, 7) is 2.10.